The third kappa shape index (κ3) is 10.4. The first kappa shape index (κ1) is 43.1. The third-order valence-electron chi connectivity index (χ3n) is 12.3. The van der Waals surface area contributed by atoms with Crippen molar-refractivity contribution in [1.29, 1.82) is 0 Å². The Labute approximate surface area is 367 Å². The number of hydrogen-bond donors (Lipinski definition) is 4. The van der Waals surface area contributed by atoms with Gasteiger partial charge in [-0.2, -0.15) is 0 Å². The molecule has 63 heavy (non-hydrogen) atoms. The number of benzene rings is 5. The van der Waals surface area contributed by atoms with Crippen molar-refractivity contribution in [3.63, 3.8) is 0 Å². The lowest BCUT2D eigenvalue weighted by Gasteiger charge is -2.32. The molecule has 0 aliphatic carbocycles. The molecule has 0 bridgehead atoms. The Morgan fingerprint density at radius 1 is 0.841 bits per heavy atom. The van der Waals surface area contributed by atoms with Gasteiger partial charge in [0.2, 0.25) is 5.56 Å². The van der Waals surface area contributed by atoms with Gasteiger partial charge >= 0.3 is 5.97 Å². The number of methoxy groups -OCH3 is 1. The Hall–Kier alpha value is -6.53. The third-order valence-corrected chi connectivity index (χ3v) is 12.3. The van der Waals surface area contributed by atoms with Crippen molar-refractivity contribution < 1.29 is 29.3 Å². The second kappa shape index (κ2) is 20.1. The molecule has 8 rings (SSSR count). The lowest BCUT2D eigenvalue weighted by atomic mass is 9.88. The number of pyridine rings is 1. The second-order valence-corrected chi connectivity index (χ2v) is 16.5. The number of hydrogen-bond acceptors (Lipinski definition) is 9. The number of phenolic OH excluding ortho intramolecular Hbond substituents is 1. The summed E-state index contributed by atoms with van der Waals surface area (Å²) in [5.74, 6) is -0.202. The summed E-state index contributed by atoms with van der Waals surface area (Å²) in [6.45, 7) is 4.89. The fourth-order valence-electron chi connectivity index (χ4n) is 8.79. The van der Waals surface area contributed by atoms with Crippen molar-refractivity contribution in [3.8, 4) is 11.5 Å². The molecule has 2 aliphatic rings. The van der Waals surface area contributed by atoms with Gasteiger partial charge in [-0.1, -0.05) is 103 Å². The summed E-state index contributed by atoms with van der Waals surface area (Å²) in [5.41, 5.74) is 7.07. The maximum Gasteiger partial charge on any atom is 0.317 e. The molecular weight excluding hydrogens is 793 g/mol. The molecule has 2 atom stereocenters. The molecule has 0 spiro atoms. The fraction of sp³-hybridized carbons (Fsp3) is 0.288. The average molecular weight is 847 g/mol. The number of ether oxygens (including phenoxy) is 2. The van der Waals surface area contributed by atoms with E-state index in [0.717, 1.165) is 60.3 Å². The first-order valence-corrected chi connectivity index (χ1v) is 21.7. The van der Waals surface area contributed by atoms with Crippen LogP contribution in [0.5, 0.6) is 11.5 Å². The van der Waals surface area contributed by atoms with Crippen molar-refractivity contribution in [2.45, 2.75) is 44.4 Å². The number of rotatable bonds is 15. The predicted molar refractivity (Wildman–Crippen MR) is 245 cm³/mol. The summed E-state index contributed by atoms with van der Waals surface area (Å²) < 4.78 is 11.8. The number of likely N-dealkylation sites (tertiary alicyclic amines) is 1. The molecule has 0 saturated carbocycles. The minimum Gasteiger partial charge on any atom is -0.506 e. The van der Waals surface area contributed by atoms with E-state index < -0.39 is 12.0 Å². The Bertz CT molecular complexity index is 2620. The van der Waals surface area contributed by atoms with Crippen LogP contribution in [0, 0.1) is 5.92 Å². The number of nitrogens with one attached hydrogen (secondary N) is 2. The van der Waals surface area contributed by atoms with Crippen LogP contribution in [0.3, 0.4) is 0 Å². The van der Waals surface area contributed by atoms with Gasteiger partial charge in [0.15, 0.2) is 0 Å². The number of H-pyrrole nitrogens is 1. The maximum atomic E-state index is 14.0. The van der Waals surface area contributed by atoms with Crippen molar-refractivity contribution in [2.75, 3.05) is 46.4 Å². The molecule has 4 N–H and O–H groups in total. The highest BCUT2D eigenvalue weighted by Crippen LogP contribution is 2.33. The summed E-state index contributed by atoms with van der Waals surface area (Å²) in [5, 5.41) is 25.0. The van der Waals surface area contributed by atoms with E-state index in [1.165, 1.54) is 17.7 Å². The van der Waals surface area contributed by atoms with Crippen LogP contribution in [0.15, 0.2) is 138 Å². The summed E-state index contributed by atoms with van der Waals surface area (Å²) in [7, 11) is 1.55. The van der Waals surface area contributed by atoms with Crippen molar-refractivity contribution in [3.05, 3.63) is 183 Å². The summed E-state index contributed by atoms with van der Waals surface area (Å²) in [6.07, 6.45) is 3.82. The number of amides is 1. The number of aliphatic hydroxyl groups excluding tert-OH is 1. The standard InChI is InChI=1S/C52H54N4O7/c1-62-47-29-37(31-53-32-46(58)42-17-19-45(57)50-43(42)18-20-48(59)54-50)15-16-44(47)51(60)56-27-23-38(24-28-56)40-13-8-14-41(30-40)49(39-11-6-3-7-12-39)52(61)63-34-36-21-25-55(26-22-36)33-35-9-4-2-5-10-35/h2-20,23,29-30,36,46,49,53,57-58H,21-22,24-28,31-34H2,1H3,(H,54,59). The highest BCUT2D eigenvalue weighted by atomic mass is 16.5. The van der Waals surface area contributed by atoms with E-state index in [-0.39, 0.29) is 35.2 Å². The Morgan fingerprint density at radius 2 is 1.60 bits per heavy atom. The highest BCUT2D eigenvalue weighted by Gasteiger charge is 2.28. The molecular formula is C52H54N4O7. The lowest BCUT2D eigenvalue weighted by molar-refractivity contribution is -0.146. The molecule has 3 heterocycles. The van der Waals surface area contributed by atoms with E-state index in [2.05, 4.69) is 57.7 Å². The van der Waals surface area contributed by atoms with E-state index in [4.69, 9.17) is 9.47 Å². The van der Waals surface area contributed by atoms with Crippen LogP contribution in [0.2, 0.25) is 0 Å². The van der Waals surface area contributed by atoms with Crippen LogP contribution in [0.25, 0.3) is 16.5 Å². The summed E-state index contributed by atoms with van der Waals surface area (Å²) in [4.78, 5) is 46.5. The fourth-order valence-corrected chi connectivity index (χ4v) is 8.79. The zero-order valence-electron chi connectivity index (χ0n) is 35.5. The number of fused-ring (bicyclic) bond motifs is 1. The number of aromatic hydroxyl groups is 1. The number of aromatic nitrogens is 1. The average Bonchev–Trinajstić information content (AvgIpc) is 3.32. The second-order valence-electron chi connectivity index (χ2n) is 16.5. The normalized spacial score (nSPS) is 15.7. The minimum atomic E-state index is -0.905. The van der Waals surface area contributed by atoms with Gasteiger partial charge in [-0.25, -0.2) is 0 Å². The number of aromatic amines is 1. The van der Waals surface area contributed by atoms with E-state index in [0.29, 0.717) is 60.8 Å². The number of phenols is 1. The van der Waals surface area contributed by atoms with Crippen molar-refractivity contribution in [2.24, 2.45) is 5.92 Å². The Kier molecular flexibility index (Phi) is 13.8. The van der Waals surface area contributed by atoms with Gasteiger partial charge in [-0.3, -0.25) is 19.3 Å². The van der Waals surface area contributed by atoms with E-state index in [1.807, 2.05) is 65.6 Å². The van der Waals surface area contributed by atoms with Gasteiger partial charge in [0.05, 0.1) is 30.9 Å². The van der Waals surface area contributed by atoms with Gasteiger partial charge in [-0.15, -0.1) is 0 Å². The number of carbonyl (C=O) groups is 2. The molecule has 1 fully saturated rings. The molecule has 1 amide bonds. The topological polar surface area (TPSA) is 144 Å². The number of aliphatic hydroxyl groups is 1. The summed E-state index contributed by atoms with van der Waals surface area (Å²) in [6, 6.07) is 40.0. The largest absolute Gasteiger partial charge is 0.506 e. The Morgan fingerprint density at radius 3 is 2.35 bits per heavy atom. The zero-order valence-corrected chi connectivity index (χ0v) is 35.5. The van der Waals surface area contributed by atoms with Crippen LogP contribution in [0.1, 0.15) is 75.0 Å². The maximum absolute atomic E-state index is 14.0. The monoisotopic (exact) mass is 846 g/mol. The molecule has 0 radical (unpaired) electrons. The number of carbonyl (C=O) groups excluding carboxylic acids is 2. The molecule has 2 aliphatic heterocycles. The van der Waals surface area contributed by atoms with E-state index in [9.17, 15) is 24.6 Å². The molecule has 11 nitrogen and oxygen atoms in total. The first-order chi connectivity index (χ1) is 30.7. The van der Waals surface area contributed by atoms with Crippen LogP contribution in [-0.4, -0.2) is 83.3 Å². The number of piperidine rings is 1. The Balaban J connectivity index is 0.874. The van der Waals surface area contributed by atoms with Gasteiger partial charge in [-0.05, 0) is 101 Å². The smallest absolute Gasteiger partial charge is 0.317 e. The van der Waals surface area contributed by atoms with Crippen LogP contribution in [0.4, 0.5) is 0 Å². The molecule has 324 valence electrons. The molecule has 6 aromatic rings. The van der Waals surface area contributed by atoms with E-state index in [1.54, 1.807) is 25.3 Å². The number of esters is 1. The molecule has 11 heteroatoms. The first-order valence-electron chi connectivity index (χ1n) is 21.7. The molecule has 1 saturated heterocycles. The molecule has 1 aromatic heterocycles. The SMILES string of the molecule is COc1cc(CNCC(O)c2ccc(O)c3[nH]c(=O)ccc23)ccc1C(=O)N1CC=C(c2cccc(C(C(=O)OCC3CCN(Cc4ccccc4)CC3)c3ccccc3)c2)CC1. The molecule has 5 aromatic carbocycles. The van der Waals surface area contributed by atoms with Gasteiger partial charge in [0, 0.05) is 44.2 Å². The number of nitrogens with zero attached hydrogens (tertiary/aromatic N) is 2. The lowest BCUT2D eigenvalue weighted by Crippen LogP contribution is -2.35. The van der Waals surface area contributed by atoms with Gasteiger partial charge in [0.1, 0.15) is 17.4 Å². The van der Waals surface area contributed by atoms with Gasteiger partial charge < -0.3 is 34.9 Å². The van der Waals surface area contributed by atoms with Crippen LogP contribution >= 0.6 is 0 Å². The molecule has 2 unspecified atom stereocenters. The van der Waals surface area contributed by atoms with E-state index >= 15 is 0 Å². The zero-order chi connectivity index (χ0) is 43.7. The minimum absolute atomic E-state index is 0.0654. The summed E-state index contributed by atoms with van der Waals surface area (Å²) >= 11 is 0. The van der Waals surface area contributed by atoms with Crippen molar-refractivity contribution in [1.82, 2.24) is 20.1 Å². The van der Waals surface area contributed by atoms with Crippen LogP contribution < -0.4 is 15.6 Å². The highest BCUT2D eigenvalue weighted by molar-refractivity contribution is 5.97. The van der Waals surface area contributed by atoms with Crippen LogP contribution in [-0.2, 0) is 22.6 Å². The predicted octanol–water partition coefficient (Wildman–Crippen LogP) is 7.58. The quantitative estimate of drug-likeness (QED) is 0.0770. The van der Waals surface area contributed by atoms with Crippen molar-refractivity contribution >= 4 is 28.4 Å². The van der Waals surface area contributed by atoms with Gasteiger partial charge in [0.25, 0.3) is 5.91 Å².